The summed E-state index contributed by atoms with van der Waals surface area (Å²) in [6.45, 7) is 3.35. The maximum Gasteiger partial charge on any atom is 0.222 e. The van der Waals surface area contributed by atoms with E-state index in [2.05, 4.69) is 10.3 Å². The monoisotopic (exact) mass is 421 g/mol. The molecule has 1 aliphatic heterocycles. The summed E-state index contributed by atoms with van der Waals surface area (Å²) < 4.78 is 0. The Morgan fingerprint density at radius 3 is 2.87 bits per heavy atom. The van der Waals surface area contributed by atoms with Crippen LogP contribution >= 0.6 is 11.6 Å². The Hall–Kier alpha value is -2.99. The molecule has 0 saturated carbocycles. The van der Waals surface area contributed by atoms with Crippen LogP contribution in [0.25, 0.3) is 11.3 Å². The SMILES string of the molecule is CCC(=O)N1CCCC(c2nc(Nc3ccccc3Cl)cc(-c3cccnc3)n2)C1. The molecule has 1 N–H and O–H groups in total. The van der Waals surface area contributed by atoms with Crippen LogP contribution in [0.15, 0.2) is 54.9 Å². The molecule has 154 valence electrons. The van der Waals surface area contributed by atoms with Gasteiger partial charge in [0.15, 0.2) is 0 Å². The second-order valence-corrected chi connectivity index (χ2v) is 7.78. The number of piperidine rings is 1. The van der Waals surface area contributed by atoms with Gasteiger partial charge in [-0.1, -0.05) is 30.7 Å². The molecule has 4 rings (SSSR count). The van der Waals surface area contributed by atoms with Gasteiger partial charge in [0, 0.05) is 49.5 Å². The number of amides is 1. The Bertz CT molecular complexity index is 1030. The molecule has 1 fully saturated rings. The zero-order chi connectivity index (χ0) is 20.9. The van der Waals surface area contributed by atoms with Crippen molar-refractivity contribution in [1.29, 1.82) is 0 Å². The molecule has 1 unspecified atom stereocenters. The van der Waals surface area contributed by atoms with Crippen molar-refractivity contribution in [3.8, 4) is 11.3 Å². The van der Waals surface area contributed by atoms with E-state index in [1.54, 1.807) is 12.4 Å². The van der Waals surface area contributed by atoms with Crippen LogP contribution in [0.1, 0.15) is 37.9 Å². The zero-order valence-electron chi connectivity index (χ0n) is 16.9. The Kier molecular flexibility index (Phi) is 6.23. The number of hydrogen-bond donors (Lipinski definition) is 1. The summed E-state index contributed by atoms with van der Waals surface area (Å²) in [4.78, 5) is 28.0. The highest BCUT2D eigenvalue weighted by molar-refractivity contribution is 6.33. The van der Waals surface area contributed by atoms with E-state index in [9.17, 15) is 4.79 Å². The van der Waals surface area contributed by atoms with Gasteiger partial charge in [-0.2, -0.15) is 0 Å². The van der Waals surface area contributed by atoms with Crippen molar-refractivity contribution < 1.29 is 4.79 Å². The molecule has 7 heteroatoms. The van der Waals surface area contributed by atoms with Gasteiger partial charge < -0.3 is 10.2 Å². The predicted octanol–water partition coefficient (Wildman–Crippen LogP) is 5.05. The van der Waals surface area contributed by atoms with Gasteiger partial charge in [0.05, 0.1) is 16.4 Å². The lowest BCUT2D eigenvalue weighted by Gasteiger charge is -2.32. The molecule has 0 bridgehead atoms. The van der Waals surface area contributed by atoms with E-state index in [1.807, 2.05) is 54.3 Å². The number of benzene rings is 1. The molecule has 30 heavy (non-hydrogen) atoms. The summed E-state index contributed by atoms with van der Waals surface area (Å²) in [6.07, 6.45) is 5.95. The third kappa shape index (κ3) is 4.60. The first-order chi connectivity index (χ1) is 14.6. The smallest absolute Gasteiger partial charge is 0.222 e. The predicted molar refractivity (Wildman–Crippen MR) is 119 cm³/mol. The second-order valence-electron chi connectivity index (χ2n) is 7.38. The first-order valence-electron chi connectivity index (χ1n) is 10.2. The van der Waals surface area contributed by atoms with Crippen molar-refractivity contribution in [3.63, 3.8) is 0 Å². The van der Waals surface area contributed by atoms with Gasteiger partial charge in [-0.05, 0) is 37.1 Å². The molecular formula is C23H24ClN5O. The zero-order valence-corrected chi connectivity index (χ0v) is 17.6. The summed E-state index contributed by atoms with van der Waals surface area (Å²) >= 11 is 6.33. The Morgan fingerprint density at radius 1 is 1.23 bits per heavy atom. The molecule has 6 nitrogen and oxygen atoms in total. The van der Waals surface area contributed by atoms with Crippen LogP contribution in [-0.4, -0.2) is 38.8 Å². The van der Waals surface area contributed by atoms with E-state index in [0.717, 1.165) is 42.2 Å². The molecule has 3 aromatic rings. The van der Waals surface area contributed by atoms with Crippen molar-refractivity contribution in [3.05, 3.63) is 65.7 Å². The van der Waals surface area contributed by atoms with Crippen LogP contribution in [0.4, 0.5) is 11.5 Å². The minimum absolute atomic E-state index is 0.0951. The van der Waals surface area contributed by atoms with Crippen molar-refractivity contribution >= 4 is 29.0 Å². The fourth-order valence-electron chi connectivity index (χ4n) is 3.71. The van der Waals surface area contributed by atoms with Gasteiger partial charge in [0.2, 0.25) is 5.91 Å². The number of rotatable bonds is 5. The summed E-state index contributed by atoms with van der Waals surface area (Å²) in [5.74, 6) is 1.68. The number of para-hydroxylation sites is 1. The number of carbonyl (C=O) groups is 1. The van der Waals surface area contributed by atoms with Gasteiger partial charge in [-0.15, -0.1) is 0 Å². The number of halogens is 1. The van der Waals surface area contributed by atoms with E-state index in [1.165, 1.54) is 0 Å². The van der Waals surface area contributed by atoms with Crippen LogP contribution in [-0.2, 0) is 4.79 Å². The van der Waals surface area contributed by atoms with Gasteiger partial charge in [-0.25, -0.2) is 9.97 Å². The van der Waals surface area contributed by atoms with Crippen molar-refractivity contribution in [2.24, 2.45) is 0 Å². The van der Waals surface area contributed by atoms with E-state index in [0.29, 0.717) is 23.8 Å². The van der Waals surface area contributed by atoms with Gasteiger partial charge in [0.25, 0.3) is 0 Å². The molecule has 1 aliphatic rings. The lowest BCUT2D eigenvalue weighted by molar-refractivity contribution is -0.132. The van der Waals surface area contributed by atoms with Crippen LogP contribution in [0.3, 0.4) is 0 Å². The number of anilines is 2. The van der Waals surface area contributed by atoms with Gasteiger partial charge >= 0.3 is 0 Å². The first kappa shape index (κ1) is 20.3. The van der Waals surface area contributed by atoms with Crippen LogP contribution in [0.2, 0.25) is 5.02 Å². The van der Waals surface area contributed by atoms with Crippen LogP contribution in [0.5, 0.6) is 0 Å². The lowest BCUT2D eigenvalue weighted by Crippen LogP contribution is -2.39. The topological polar surface area (TPSA) is 71.0 Å². The lowest BCUT2D eigenvalue weighted by atomic mass is 9.96. The van der Waals surface area contributed by atoms with E-state index in [-0.39, 0.29) is 11.8 Å². The number of carbonyl (C=O) groups excluding carboxylic acids is 1. The molecule has 2 aromatic heterocycles. The molecule has 1 saturated heterocycles. The first-order valence-corrected chi connectivity index (χ1v) is 10.6. The number of nitrogens with one attached hydrogen (secondary N) is 1. The Labute approximate surface area is 181 Å². The van der Waals surface area contributed by atoms with E-state index in [4.69, 9.17) is 21.6 Å². The third-order valence-corrected chi connectivity index (χ3v) is 5.61. The maximum absolute atomic E-state index is 12.2. The molecule has 1 aromatic carbocycles. The number of aromatic nitrogens is 3. The van der Waals surface area contributed by atoms with Crippen LogP contribution in [0, 0.1) is 0 Å². The van der Waals surface area contributed by atoms with E-state index >= 15 is 0 Å². The Morgan fingerprint density at radius 2 is 2.10 bits per heavy atom. The van der Waals surface area contributed by atoms with Crippen molar-refractivity contribution in [1.82, 2.24) is 19.9 Å². The summed E-state index contributed by atoms with van der Waals surface area (Å²) in [7, 11) is 0. The number of hydrogen-bond acceptors (Lipinski definition) is 5. The molecular weight excluding hydrogens is 398 g/mol. The minimum Gasteiger partial charge on any atom is -0.342 e. The third-order valence-electron chi connectivity index (χ3n) is 5.28. The number of nitrogens with zero attached hydrogens (tertiary/aromatic N) is 4. The number of likely N-dealkylation sites (tertiary alicyclic amines) is 1. The van der Waals surface area contributed by atoms with Crippen molar-refractivity contribution in [2.75, 3.05) is 18.4 Å². The molecule has 0 radical (unpaired) electrons. The van der Waals surface area contributed by atoms with Crippen molar-refractivity contribution in [2.45, 2.75) is 32.1 Å². The average molecular weight is 422 g/mol. The minimum atomic E-state index is 0.0951. The fourth-order valence-corrected chi connectivity index (χ4v) is 3.90. The van der Waals surface area contributed by atoms with Crippen LogP contribution < -0.4 is 5.32 Å². The highest BCUT2D eigenvalue weighted by atomic mass is 35.5. The summed E-state index contributed by atoms with van der Waals surface area (Å²) in [6, 6.07) is 13.3. The normalized spacial score (nSPS) is 16.3. The summed E-state index contributed by atoms with van der Waals surface area (Å²) in [5, 5.41) is 3.95. The highest BCUT2D eigenvalue weighted by Crippen LogP contribution is 2.30. The molecule has 3 heterocycles. The standard InChI is InChI=1S/C23H24ClN5O/c1-2-22(30)29-12-6-8-17(15-29)23-27-20(16-7-5-11-25-14-16)13-21(28-23)26-19-10-4-3-9-18(19)24/h3-5,7,9-11,13-14,17H,2,6,8,12,15H2,1H3,(H,26,27,28). The summed E-state index contributed by atoms with van der Waals surface area (Å²) in [5.41, 5.74) is 2.50. The fraction of sp³-hybridized carbons (Fsp3) is 0.304. The van der Waals surface area contributed by atoms with E-state index < -0.39 is 0 Å². The second kappa shape index (κ2) is 9.22. The average Bonchev–Trinajstić information content (AvgIpc) is 2.80. The molecule has 1 atom stereocenters. The quantitative estimate of drug-likeness (QED) is 0.624. The largest absolute Gasteiger partial charge is 0.342 e. The Balaban J connectivity index is 1.70. The molecule has 1 amide bonds. The maximum atomic E-state index is 12.2. The molecule has 0 spiro atoms. The molecule has 0 aliphatic carbocycles. The number of pyridine rings is 1. The van der Waals surface area contributed by atoms with Gasteiger partial charge in [-0.3, -0.25) is 9.78 Å². The van der Waals surface area contributed by atoms with Gasteiger partial charge in [0.1, 0.15) is 11.6 Å². The highest BCUT2D eigenvalue weighted by Gasteiger charge is 2.26.